The van der Waals surface area contributed by atoms with Crippen LogP contribution in [-0.2, 0) is 4.79 Å². The molecule has 3 saturated heterocycles. The summed E-state index contributed by atoms with van der Waals surface area (Å²) in [5, 5.41) is 3.39. The van der Waals surface area contributed by atoms with Crippen LogP contribution in [0.25, 0.3) is 0 Å². The molecule has 102 valence electrons. The van der Waals surface area contributed by atoms with Gasteiger partial charge in [0.15, 0.2) is 0 Å². The Morgan fingerprint density at radius 1 is 1.17 bits per heavy atom. The van der Waals surface area contributed by atoms with Crippen molar-refractivity contribution in [3.63, 3.8) is 0 Å². The largest absolute Gasteiger partial charge is 0.336 e. The second-order valence-corrected chi connectivity index (χ2v) is 6.13. The van der Waals surface area contributed by atoms with Crippen LogP contribution in [0.1, 0.15) is 39.0 Å². The minimum absolute atomic E-state index is 0.0918. The molecule has 0 aromatic rings. The van der Waals surface area contributed by atoms with E-state index in [-0.39, 0.29) is 6.04 Å². The molecule has 1 amide bonds. The first-order chi connectivity index (χ1) is 8.75. The molecule has 0 aliphatic carbocycles. The third-order valence-corrected chi connectivity index (χ3v) is 4.83. The van der Waals surface area contributed by atoms with Gasteiger partial charge in [0.25, 0.3) is 0 Å². The molecule has 3 aliphatic heterocycles. The molecule has 3 heterocycles. The molecule has 4 nitrogen and oxygen atoms in total. The molecule has 18 heavy (non-hydrogen) atoms. The fraction of sp³-hybridized carbons (Fsp3) is 0.929. The number of nitrogens with zero attached hydrogens (tertiary/aromatic N) is 2. The Kier molecular flexibility index (Phi) is 3.57. The van der Waals surface area contributed by atoms with Gasteiger partial charge in [-0.2, -0.15) is 0 Å². The maximum Gasteiger partial charge on any atom is 0.240 e. The van der Waals surface area contributed by atoms with E-state index in [9.17, 15) is 4.79 Å². The zero-order valence-electron chi connectivity index (χ0n) is 11.4. The third kappa shape index (κ3) is 2.28. The monoisotopic (exact) mass is 251 g/mol. The van der Waals surface area contributed by atoms with Gasteiger partial charge >= 0.3 is 0 Å². The minimum Gasteiger partial charge on any atom is -0.336 e. The Morgan fingerprint density at radius 2 is 2.06 bits per heavy atom. The van der Waals surface area contributed by atoms with Gasteiger partial charge in [-0.25, -0.2) is 0 Å². The van der Waals surface area contributed by atoms with Crippen LogP contribution in [0.4, 0.5) is 0 Å². The van der Waals surface area contributed by atoms with E-state index in [0.717, 1.165) is 26.1 Å². The number of fused-ring (bicyclic) bond motifs is 1. The number of piperazine rings is 1. The lowest BCUT2D eigenvalue weighted by Crippen LogP contribution is -2.60. The van der Waals surface area contributed by atoms with Crippen molar-refractivity contribution in [2.24, 2.45) is 0 Å². The van der Waals surface area contributed by atoms with Crippen molar-refractivity contribution >= 4 is 5.91 Å². The van der Waals surface area contributed by atoms with Crippen LogP contribution >= 0.6 is 0 Å². The van der Waals surface area contributed by atoms with Crippen molar-refractivity contribution in [2.75, 3.05) is 26.2 Å². The number of nitrogens with one attached hydrogen (secondary N) is 1. The van der Waals surface area contributed by atoms with Crippen molar-refractivity contribution < 1.29 is 4.79 Å². The zero-order valence-corrected chi connectivity index (χ0v) is 11.4. The van der Waals surface area contributed by atoms with E-state index in [1.54, 1.807) is 0 Å². The molecule has 4 heteroatoms. The second kappa shape index (κ2) is 5.17. The van der Waals surface area contributed by atoms with Gasteiger partial charge < -0.3 is 10.2 Å². The van der Waals surface area contributed by atoms with Gasteiger partial charge in [-0.15, -0.1) is 0 Å². The Hall–Kier alpha value is -0.610. The summed E-state index contributed by atoms with van der Waals surface area (Å²) in [6.45, 7) is 6.48. The molecular weight excluding hydrogens is 226 g/mol. The molecule has 0 aromatic carbocycles. The highest BCUT2D eigenvalue weighted by Crippen LogP contribution is 2.25. The fourth-order valence-electron chi connectivity index (χ4n) is 3.76. The van der Waals surface area contributed by atoms with E-state index in [1.165, 1.54) is 32.2 Å². The zero-order chi connectivity index (χ0) is 12.5. The molecule has 0 aromatic heterocycles. The lowest BCUT2D eigenvalue weighted by molar-refractivity contribution is -0.139. The Morgan fingerprint density at radius 3 is 2.83 bits per heavy atom. The highest BCUT2D eigenvalue weighted by molar-refractivity contribution is 5.82. The topological polar surface area (TPSA) is 35.6 Å². The molecule has 3 atom stereocenters. The summed E-state index contributed by atoms with van der Waals surface area (Å²) in [6.07, 6.45) is 6.02. The van der Waals surface area contributed by atoms with E-state index < -0.39 is 0 Å². The van der Waals surface area contributed by atoms with Crippen LogP contribution in [0, 0.1) is 0 Å². The van der Waals surface area contributed by atoms with Crippen molar-refractivity contribution in [1.82, 2.24) is 15.1 Å². The molecule has 3 fully saturated rings. The smallest absolute Gasteiger partial charge is 0.240 e. The first-order valence-corrected chi connectivity index (χ1v) is 7.53. The van der Waals surface area contributed by atoms with E-state index >= 15 is 0 Å². The van der Waals surface area contributed by atoms with Crippen LogP contribution in [0.2, 0.25) is 0 Å². The number of rotatable bonds is 1. The van der Waals surface area contributed by atoms with Gasteiger partial charge in [0.2, 0.25) is 5.91 Å². The van der Waals surface area contributed by atoms with Gasteiger partial charge in [-0.3, -0.25) is 9.69 Å². The number of carbonyl (C=O) groups is 1. The molecule has 3 aliphatic rings. The Balaban J connectivity index is 1.65. The first kappa shape index (κ1) is 12.4. The Labute approximate surface area is 110 Å². The minimum atomic E-state index is 0.0918. The number of amides is 1. The highest BCUT2D eigenvalue weighted by Gasteiger charge is 2.38. The molecule has 0 spiro atoms. The standard InChI is InChI=1S/C14H25N3O/c1-11-9-16-8-4-5-12(16)10-17(11)14(18)13-6-2-3-7-15-13/h11-13,15H,2-10H2,1H3/t11?,12?,13-/m1/s1. The third-order valence-electron chi connectivity index (χ3n) is 4.83. The number of hydrogen-bond donors (Lipinski definition) is 1. The van der Waals surface area contributed by atoms with Crippen molar-refractivity contribution in [3.8, 4) is 0 Å². The van der Waals surface area contributed by atoms with E-state index in [4.69, 9.17) is 0 Å². The molecule has 0 saturated carbocycles. The summed E-state index contributed by atoms with van der Waals surface area (Å²) in [7, 11) is 0. The second-order valence-electron chi connectivity index (χ2n) is 6.13. The lowest BCUT2D eigenvalue weighted by atomic mass is 10.0. The maximum atomic E-state index is 12.6. The summed E-state index contributed by atoms with van der Waals surface area (Å²) >= 11 is 0. The molecule has 3 rings (SSSR count). The normalized spacial score (nSPS) is 37.6. The average Bonchev–Trinajstić information content (AvgIpc) is 2.85. The predicted octanol–water partition coefficient (Wildman–Crippen LogP) is 0.824. The number of piperidine rings is 1. The average molecular weight is 251 g/mol. The fourth-order valence-corrected chi connectivity index (χ4v) is 3.76. The quantitative estimate of drug-likeness (QED) is 0.749. The van der Waals surface area contributed by atoms with E-state index in [2.05, 4.69) is 22.0 Å². The molecule has 1 N–H and O–H groups in total. The summed E-state index contributed by atoms with van der Waals surface area (Å²) in [4.78, 5) is 17.3. The van der Waals surface area contributed by atoms with Gasteiger partial charge in [0, 0.05) is 25.2 Å². The van der Waals surface area contributed by atoms with Crippen molar-refractivity contribution in [1.29, 1.82) is 0 Å². The van der Waals surface area contributed by atoms with Gasteiger partial charge in [0.1, 0.15) is 0 Å². The highest BCUT2D eigenvalue weighted by atomic mass is 16.2. The molecule has 0 radical (unpaired) electrons. The van der Waals surface area contributed by atoms with Crippen LogP contribution < -0.4 is 5.32 Å². The van der Waals surface area contributed by atoms with Gasteiger partial charge in [0.05, 0.1) is 6.04 Å². The van der Waals surface area contributed by atoms with Gasteiger partial charge in [-0.1, -0.05) is 6.42 Å². The maximum absolute atomic E-state index is 12.6. The molecule has 2 unspecified atom stereocenters. The number of carbonyl (C=O) groups excluding carboxylic acids is 1. The van der Waals surface area contributed by atoms with Crippen molar-refractivity contribution in [3.05, 3.63) is 0 Å². The summed E-state index contributed by atoms with van der Waals surface area (Å²) in [6, 6.07) is 1.11. The summed E-state index contributed by atoms with van der Waals surface area (Å²) in [5.41, 5.74) is 0. The molecular formula is C14H25N3O. The Bertz CT molecular complexity index is 314. The van der Waals surface area contributed by atoms with Crippen LogP contribution in [0.5, 0.6) is 0 Å². The van der Waals surface area contributed by atoms with E-state index in [0.29, 0.717) is 18.0 Å². The number of hydrogen-bond acceptors (Lipinski definition) is 3. The van der Waals surface area contributed by atoms with Gasteiger partial charge in [-0.05, 0) is 45.7 Å². The van der Waals surface area contributed by atoms with Crippen LogP contribution in [0.15, 0.2) is 0 Å². The predicted molar refractivity (Wildman–Crippen MR) is 71.4 cm³/mol. The van der Waals surface area contributed by atoms with Crippen LogP contribution in [-0.4, -0.2) is 60.0 Å². The summed E-state index contributed by atoms with van der Waals surface area (Å²) < 4.78 is 0. The molecule has 0 bridgehead atoms. The first-order valence-electron chi connectivity index (χ1n) is 7.53. The van der Waals surface area contributed by atoms with E-state index in [1.807, 2.05) is 0 Å². The SMILES string of the molecule is CC1CN2CCCC2CN1C(=O)[C@H]1CCCCN1. The lowest BCUT2D eigenvalue weighted by Gasteiger charge is -2.44. The summed E-state index contributed by atoms with van der Waals surface area (Å²) in [5.74, 6) is 0.355. The van der Waals surface area contributed by atoms with Crippen LogP contribution in [0.3, 0.4) is 0 Å². The van der Waals surface area contributed by atoms with Crippen molar-refractivity contribution in [2.45, 2.75) is 57.2 Å².